The Balaban J connectivity index is 1.37. The van der Waals surface area contributed by atoms with E-state index in [-0.39, 0.29) is 37.1 Å². The molecular formula is C19H22N4O4S. The number of ether oxygens (including phenoxy) is 1. The highest BCUT2D eigenvalue weighted by molar-refractivity contribution is 7.22. The van der Waals surface area contributed by atoms with Crippen molar-refractivity contribution in [3.8, 4) is 5.75 Å². The summed E-state index contributed by atoms with van der Waals surface area (Å²) in [6.07, 6.45) is 0.422. The molecule has 2 aliphatic rings. The van der Waals surface area contributed by atoms with E-state index in [1.165, 1.54) is 0 Å². The maximum absolute atomic E-state index is 12.5. The molecule has 0 atom stereocenters. The fraction of sp³-hybridized carbons (Fsp3) is 0.474. The molecule has 0 bridgehead atoms. The van der Waals surface area contributed by atoms with Crippen molar-refractivity contribution in [3.63, 3.8) is 0 Å². The van der Waals surface area contributed by atoms with E-state index in [1.54, 1.807) is 16.2 Å². The minimum absolute atomic E-state index is 0.140. The smallest absolute Gasteiger partial charge is 0.242 e. The second kappa shape index (κ2) is 7.75. The Bertz CT molecular complexity index is 904. The van der Waals surface area contributed by atoms with Crippen molar-refractivity contribution in [2.24, 2.45) is 0 Å². The van der Waals surface area contributed by atoms with E-state index in [0.29, 0.717) is 32.8 Å². The van der Waals surface area contributed by atoms with Gasteiger partial charge in [0.15, 0.2) is 5.13 Å². The highest BCUT2D eigenvalue weighted by Gasteiger charge is 2.32. The number of hydrogen-bond acceptors (Lipinski definition) is 7. The summed E-state index contributed by atoms with van der Waals surface area (Å²) < 4.78 is 6.62. The van der Waals surface area contributed by atoms with Gasteiger partial charge in [0.2, 0.25) is 17.7 Å². The lowest BCUT2D eigenvalue weighted by atomic mass is 10.3. The number of fused-ring (bicyclic) bond motifs is 1. The maximum Gasteiger partial charge on any atom is 0.242 e. The van der Waals surface area contributed by atoms with Crippen LogP contribution in [-0.4, -0.2) is 71.8 Å². The van der Waals surface area contributed by atoms with Crippen molar-refractivity contribution in [2.45, 2.75) is 19.8 Å². The van der Waals surface area contributed by atoms with Gasteiger partial charge in [-0.15, -0.1) is 0 Å². The number of anilines is 1. The van der Waals surface area contributed by atoms with Gasteiger partial charge in [0, 0.05) is 39.0 Å². The Hall–Kier alpha value is -2.68. The maximum atomic E-state index is 12.5. The first-order chi connectivity index (χ1) is 13.5. The molecule has 1 aromatic heterocycles. The van der Waals surface area contributed by atoms with Crippen LogP contribution < -0.4 is 9.64 Å². The summed E-state index contributed by atoms with van der Waals surface area (Å²) in [7, 11) is 0. The number of rotatable bonds is 5. The highest BCUT2D eigenvalue weighted by Crippen LogP contribution is 2.32. The van der Waals surface area contributed by atoms with Gasteiger partial charge in [-0.25, -0.2) is 4.98 Å². The quantitative estimate of drug-likeness (QED) is 0.705. The standard InChI is InChI=1S/C19H22N4O4S/c1-2-27-13-3-4-14-15(11-13)28-19(20-14)22-9-7-21(8-10-22)18(26)12-23-16(24)5-6-17(23)25/h3-4,11H,2,5-10,12H2,1H3. The van der Waals surface area contributed by atoms with Gasteiger partial charge >= 0.3 is 0 Å². The molecule has 3 amide bonds. The number of nitrogens with zero attached hydrogens (tertiary/aromatic N) is 4. The van der Waals surface area contributed by atoms with Crippen molar-refractivity contribution < 1.29 is 19.1 Å². The summed E-state index contributed by atoms with van der Waals surface area (Å²) in [5.74, 6) is 0.163. The molecule has 0 spiro atoms. The molecule has 0 radical (unpaired) electrons. The molecule has 0 saturated carbocycles. The predicted molar refractivity (Wildman–Crippen MR) is 106 cm³/mol. The Labute approximate surface area is 166 Å². The van der Waals surface area contributed by atoms with Crippen LogP contribution in [0.3, 0.4) is 0 Å². The summed E-state index contributed by atoms with van der Waals surface area (Å²) in [5.41, 5.74) is 0.938. The SMILES string of the molecule is CCOc1ccc2nc(N3CCN(C(=O)CN4C(=O)CCC4=O)CC3)sc2c1. The van der Waals surface area contributed by atoms with Crippen molar-refractivity contribution in [1.82, 2.24) is 14.8 Å². The summed E-state index contributed by atoms with van der Waals surface area (Å²) >= 11 is 1.61. The third-order valence-electron chi connectivity index (χ3n) is 5.01. The van der Waals surface area contributed by atoms with Gasteiger partial charge in [-0.3, -0.25) is 19.3 Å². The monoisotopic (exact) mass is 402 g/mol. The molecule has 148 valence electrons. The molecule has 8 nitrogen and oxygen atoms in total. The molecule has 2 saturated heterocycles. The van der Waals surface area contributed by atoms with Gasteiger partial charge < -0.3 is 14.5 Å². The second-order valence-corrected chi connectivity index (χ2v) is 7.81. The summed E-state index contributed by atoms with van der Waals surface area (Å²) in [6.45, 7) is 4.89. The molecule has 2 aliphatic heterocycles. The van der Waals surface area contributed by atoms with Crippen molar-refractivity contribution >= 4 is 44.4 Å². The zero-order chi connectivity index (χ0) is 19.7. The van der Waals surface area contributed by atoms with E-state index < -0.39 is 0 Å². The number of carbonyl (C=O) groups excluding carboxylic acids is 3. The number of carbonyl (C=O) groups is 3. The zero-order valence-corrected chi connectivity index (χ0v) is 16.5. The van der Waals surface area contributed by atoms with Crippen LogP contribution in [-0.2, 0) is 14.4 Å². The molecular weight excluding hydrogens is 380 g/mol. The van der Waals surface area contributed by atoms with Crippen LogP contribution in [0.15, 0.2) is 18.2 Å². The summed E-state index contributed by atoms with van der Waals surface area (Å²) in [4.78, 5) is 45.5. The normalized spacial score (nSPS) is 17.7. The molecule has 1 aromatic carbocycles. The molecule has 2 aromatic rings. The Morgan fingerprint density at radius 2 is 1.86 bits per heavy atom. The topological polar surface area (TPSA) is 83.1 Å². The van der Waals surface area contributed by atoms with E-state index >= 15 is 0 Å². The number of imide groups is 1. The fourth-order valence-corrected chi connectivity index (χ4v) is 4.51. The number of hydrogen-bond donors (Lipinski definition) is 0. The van der Waals surface area contributed by atoms with Crippen LogP contribution >= 0.6 is 11.3 Å². The molecule has 0 unspecified atom stereocenters. The van der Waals surface area contributed by atoms with Gasteiger partial charge in [0.1, 0.15) is 12.3 Å². The average Bonchev–Trinajstić information content (AvgIpc) is 3.26. The van der Waals surface area contributed by atoms with Crippen molar-refractivity contribution in [1.29, 1.82) is 0 Å². The van der Waals surface area contributed by atoms with Crippen LogP contribution in [0, 0.1) is 0 Å². The lowest BCUT2D eigenvalue weighted by molar-refractivity contribution is -0.145. The lowest BCUT2D eigenvalue weighted by Gasteiger charge is -2.35. The Kier molecular flexibility index (Phi) is 5.17. The molecule has 0 N–H and O–H groups in total. The number of amides is 3. The van der Waals surface area contributed by atoms with Crippen LogP contribution in [0.5, 0.6) is 5.75 Å². The van der Waals surface area contributed by atoms with E-state index in [4.69, 9.17) is 9.72 Å². The molecule has 4 rings (SSSR count). The zero-order valence-electron chi connectivity index (χ0n) is 15.7. The number of benzene rings is 1. The third kappa shape index (κ3) is 3.66. The van der Waals surface area contributed by atoms with E-state index in [0.717, 1.165) is 26.0 Å². The van der Waals surface area contributed by atoms with Crippen LogP contribution in [0.1, 0.15) is 19.8 Å². The summed E-state index contributed by atoms with van der Waals surface area (Å²) in [5, 5.41) is 0.931. The van der Waals surface area contributed by atoms with Gasteiger partial charge in [-0.1, -0.05) is 11.3 Å². The number of likely N-dealkylation sites (tertiary alicyclic amines) is 1. The molecule has 3 heterocycles. The van der Waals surface area contributed by atoms with Gasteiger partial charge in [-0.05, 0) is 25.1 Å². The van der Waals surface area contributed by atoms with Gasteiger partial charge in [-0.2, -0.15) is 0 Å². The molecule has 2 fully saturated rings. The first-order valence-corrected chi connectivity index (χ1v) is 10.3. The number of aromatic nitrogens is 1. The average molecular weight is 402 g/mol. The minimum Gasteiger partial charge on any atom is -0.494 e. The predicted octanol–water partition coefficient (Wildman–Crippen LogP) is 1.49. The Morgan fingerprint density at radius 3 is 2.54 bits per heavy atom. The van der Waals surface area contributed by atoms with E-state index in [2.05, 4.69) is 4.90 Å². The number of piperazine rings is 1. The van der Waals surface area contributed by atoms with Gasteiger partial charge in [0.05, 0.1) is 16.8 Å². The molecule has 28 heavy (non-hydrogen) atoms. The molecule has 9 heteroatoms. The lowest BCUT2D eigenvalue weighted by Crippen LogP contribution is -2.51. The van der Waals surface area contributed by atoms with Crippen LogP contribution in [0.4, 0.5) is 5.13 Å². The van der Waals surface area contributed by atoms with Crippen LogP contribution in [0.25, 0.3) is 10.2 Å². The highest BCUT2D eigenvalue weighted by atomic mass is 32.1. The third-order valence-corrected chi connectivity index (χ3v) is 6.09. The van der Waals surface area contributed by atoms with E-state index in [1.807, 2.05) is 25.1 Å². The second-order valence-electron chi connectivity index (χ2n) is 6.80. The van der Waals surface area contributed by atoms with Gasteiger partial charge in [0.25, 0.3) is 0 Å². The van der Waals surface area contributed by atoms with E-state index in [9.17, 15) is 14.4 Å². The fourth-order valence-electron chi connectivity index (χ4n) is 3.47. The largest absolute Gasteiger partial charge is 0.494 e. The summed E-state index contributed by atoms with van der Waals surface area (Å²) in [6, 6.07) is 5.89. The molecule has 0 aliphatic carbocycles. The number of thiazole rings is 1. The first-order valence-electron chi connectivity index (χ1n) is 9.44. The first kappa shape index (κ1) is 18.7. The van der Waals surface area contributed by atoms with Crippen molar-refractivity contribution in [3.05, 3.63) is 18.2 Å². The Morgan fingerprint density at radius 1 is 1.14 bits per heavy atom. The van der Waals surface area contributed by atoms with Crippen LogP contribution in [0.2, 0.25) is 0 Å². The minimum atomic E-state index is -0.252. The van der Waals surface area contributed by atoms with Crippen molar-refractivity contribution in [2.75, 3.05) is 44.2 Å².